The molecule has 3 rings (SSSR count). The standard InChI is InChI=1S/C15H21N5O3/c1-4-9-5-6-10(23-9)20-7-16-11-12(20)17-15(19-14(11)22)18-13(21)8(2)3/h7-10H,4-6H2,1-3H3,(H2,17,18,19,21,22). The van der Waals surface area contributed by atoms with Gasteiger partial charge in [-0.3, -0.25) is 24.5 Å². The molecule has 23 heavy (non-hydrogen) atoms. The lowest BCUT2D eigenvalue weighted by Gasteiger charge is -2.14. The average molecular weight is 319 g/mol. The fourth-order valence-electron chi connectivity index (χ4n) is 2.65. The van der Waals surface area contributed by atoms with Gasteiger partial charge in [-0.15, -0.1) is 0 Å². The van der Waals surface area contributed by atoms with Gasteiger partial charge in [-0.25, -0.2) is 4.98 Å². The van der Waals surface area contributed by atoms with Gasteiger partial charge in [0.15, 0.2) is 11.2 Å². The van der Waals surface area contributed by atoms with E-state index in [1.165, 1.54) is 0 Å². The Morgan fingerprint density at radius 2 is 2.30 bits per heavy atom. The summed E-state index contributed by atoms with van der Waals surface area (Å²) in [5.41, 5.74) is 0.295. The Kier molecular flexibility index (Phi) is 4.16. The van der Waals surface area contributed by atoms with Crippen molar-refractivity contribution in [1.82, 2.24) is 19.5 Å². The van der Waals surface area contributed by atoms with Gasteiger partial charge in [0, 0.05) is 5.92 Å². The molecule has 1 saturated heterocycles. The van der Waals surface area contributed by atoms with Gasteiger partial charge in [-0.05, 0) is 19.3 Å². The Labute approximate surface area is 133 Å². The van der Waals surface area contributed by atoms with Gasteiger partial charge in [0.2, 0.25) is 11.9 Å². The Morgan fingerprint density at radius 3 is 2.96 bits per heavy atom. The van der Waals surface area contributed by atoms with Crippen LogP contribution in [-0.2, 0) is 9.53 Å². The number of anilines is 1. The number of carbonyl (C=O) groups excluding carboxylic acids is 1. The zero-order valence-electron chi connectivity index (χ0n) is 13.5. The second-order valence-corrected chi connectivity index (χ2v) is 6.08. The third kappa shape index (κ3) is 2.98. The molecule has 124 valence electrons. The van der Waals surface area contributed by atoms with Crippen LogP contribution in [0.1, 0.15) is 46.3 Å². The van der Waals surface area contributed by atoms with Crippen LogP contribution >= 0.6 is 0 Å². The minimum atomic E-state index is -0.377. The van der Waals surface area contributed by atoms with Crippen LogP contribution in [0.2, 0.25) is 0 Å². The summed E-state index contributed by atoms with van der Waals surface area (Å²) in [6, 6.07) is 0. The van der Waals surface area contributed by atoms with Crippen LogP contribution in [0.3, 0.4) is 0 Å². The van der Waals surface area contributed by atoms with Crippen molar-refractivity contribution < 1.29 is 9.53 Å². The normalized spacial score (nSPS) is 21.2. The fraction of sp³-hybridized carbons (Fsp3) is 0.600. The van der Waals surface area contributed by atoms with Crippen molar-refractivity contribution in [2.45, 2.75) is 52.4 Å². The highest BCUT2D eigenvalue weighted by Gasteiger charge is 2.27. The van der Waals surface area contributed by atoms with Crippen molar-refractivity contribution in [2.75, 3.05) is 5.32 Å². The first kappa shape index (κ1) is 15.7. The number of carbonyl (C=O) groups is 1. The lowest BCUT2D eigenvalue weighted by Crippen LogP contribution is -2.22. The maximum atomic E-state index is 12.1. The topological polar surface area (TPSA) is 102 Å². The number of ether oxygens (including phenoxy) is 1. The van der Waals surface area contributed by atoms with E-state index in [0.29, 0.717) is 5.65 Å². The van der Waals surface area contributed by atoms with Crippen LogP contribution in [0.25, 0.3) is 11.2 Å². The monoisotopic (exact) mass is 319 g/mol. The van der Waals surface area contributed by atoms with Gasteiger partial charge in [0.05, 0.1) is 12.4 Å². The number of fused-ring (bicyclic) bond motifs is 1. The van der Waals surface area contributed by atoms with Crippen LogP contribution in [0, 0.1) is 5.92 Å². The molecule has 8 nitrogen and oxygen atoms in total. The highest BCUT2D eigenvalue weighted by molar-refractivity contribution is 5.91. The molecule has 3 heterocycles. The van der Waals surface area contributed by atoms with E-state index in [-0.39, 0.29) is 41.2 Å². The Hall–Kier alpha value is -2.22. The number of hydrogen-bond donors (Lipinski definition) is 2. The maximum Gasteiger partial charge on any atom is 0.280 e. The predicted molar refractivity (Wildman–Crippen MR) is 85.1 cm³/mol. The summed E-state index contributed by atoms with van der Waals surface area (Å²) >= 11 is 0. The number of nitrogens with zero attached hydrogens (tertiary/aromatic N) is 3. The highest BCUT2D eigenvalue weighted by Crippen LogP contribution is 2.31. The molecule has 2 unspecified atom stereocenters. The molecule has 2 N–H and O–H groups in total. The summed E-state index contributed by atoms with van der Waals surface area (Å²) in [4.78, 5) is 35.0. The number of hydrogen-bond acceptors (Lipinski definition) is 5. The number of nitrogens with one attached hydrogen (secondary N) is 2. The minimum Gasteiger partial charge on any atom is -0.355 e. The summed E-state index contributed by atoms with van der Waals surface area (Å²) in [5.74, 6) is -0.279. The third-order valence-electron chi connectivity index (χ3n) is 4.05. The molecule has 1 aliphatic heterocycles. The number of aromatic nitrogens is 4. The fourth-order valence-corrected chi connectivity index (χ4v) is 2.65. The van der Waals surface area contributed by atoms with Gasteiger partial charge in [0.25, 0.3) is 5.56 Å². The van der Waals surface area contributed by atoms with Gasteiger partial charge >= 0.3 is 0 Å². The van der Waals surface area contributed by atoms with E-state index in [1.807, 2.05) is 0 Å². The number of rotatable bonds is 4. The number of imidazole rings is 1. The van der Waals surface area contributed by atoms with Crippen LogP contribution in [-0.4, -0.2) is 31.5 Å². The Balaban J connectivity index is 1.96. The Bertz CT molecular complexity index is 779. The van der Waals surface area contributed by atoms with Gasteiger partial charge in [0.1, 0.15) is 6.23 Å². The number of H-pyrrole nitrogens is 1. The average Bonchev–Trinajstić information content (AvgIpc) is 3.12. The van der Waals surface area contributed by atoms with E-state index in [4.69, 9.17) is 4.74 Å². The van der Waals surface area contributed by atoms with Crippen molar-refractivity contribution >= 4 is 23.0 Å². The van der Waals surface area contributed by atoms with Crippen molar-refractivity contribution in [3.63, 3.8) is 0 Å². The molecular weight excluding hydrogens is 298 g/mol. The molecule has 1 aliphatic rings. The predicted octanol–water partition coefficient (Wildman–Crippen LogP) is 1.80. The quantitative estimate of drug-likeness (QED) is 0.894. The van der Waals surface area contributed by atoms with Crippen molar-refractivity contribution in [3.8, 4) is 0 Å². The van der Waals surface area contributed by atoms with Gasteiger partial charge in [-0.2, -0.15) is 4.98 Å². The van der Waals surface area contributed by atoms with E-state index >= 15 is 0 Å². The van der Waals surface area contributed by atoms with Crippen LogP contribution in [0.5, 0.6) is 0 Å². The molecule has 8 heteroatoms. The van der Waals surface area contributed by atoms with E-state index in [9.17, 15) is 9.59 Å². The molecule has 1 fully saturated rings. The molecule has 0 radical (unpaired) electrons. The van der Waals surface area contributed by atoms with Gasteiger partial charge in [-0.1, -0.05) is 20.8 Å². The zero-order chi connectivity index (χ0) is 16.6. The van der Waals surface area contributed by atoms with E-state index in [0.717, 1.165) is 19.3 Å². The summed E-state index contributed by atoms with van der Waals surface area (Å²) < 4.78 is 7.71. The molecule has 1 amide bonds. The van der Waals surface area contributed by atoms with E-state index < -0.39 is 0 Å². The summed E-state index contributed by atoms with van der Waals surface area (Å²) in [6.45, 7) is 5.63. The maximum absolute atomic E-state index is 12.1. The van der Waals surface area contributed by atoms with Crippen LogP contribution in [0.4, 0.5) is 5.95 Å². The Morgan fingerprint density at radius 1 is 1.52 bits per heavy atom. The molecule has 0 spiro atoms. The van der Waals surface area contributed by atoms with Crippen molar-refractivity contribution in [1.29, 1.82) is 0 Å². The second-order valence-electron chi connectivity index (χ2n) is 6.08. The van der Waals surface area contributed by atoms with Crippen molar-refractivity contribution in [3.05, 3.63) is 16.7 Å². The molecule has 0 aliphatic carbocycles. The summed E-state index contributed by atoms with van der Waals surface area (Å²) in [7, 11) is 0. The highest BCUT2D eigenvalue weighted by atomic mass is 16.5. The number of aromatic amines is 1. The van der Waals surface area contributed by atoms with Crippen LogP contribution in [0.15, 0.2) is 11.1 Å². The molecule has 2 aromatic heterocycles. The first-order valence-corrected chi connectivity index (χ1v) is 7.92. The van der Waals surface area contributed by atoms with Crippen LogP contribution < -0.4 is 10.9 Å². The van der Waals surface area contributed by atoms with Gasteiger partial charge < -0.3 is 4.74 Å². The molecule has 2 atom stereocenters. The third-order valence-corrected chi connectivity index (χ3v) is 4.05. The second kappa shape index (κ2) is 6.11. The van der Waals surface area contributed by atoms with E-state index in [2.05, 4.69) is 27.2 Å². The molecule has 2 aromatic rings. The SMILES string of the molecule is CCC1CCC(n2cnc3c(=O)[nH]c(NC(=O)C(C)C)nc32)O1. The summed E-state index contributed by atoms with van der Waals surface area (Å²) in [6.07, 6.45) is 4.40. The summed E-state index contributed by atoms with van der Waals surface area (Å²) in [5, 5.41) is 2.61. The minimum absolute atomic E-state index is 0.132. The lowest BCUT2D eigenvalue weighted by molar-refractivity contribution is -0.118. The largest absolute Gasteiger partial charge is 0.355 e. The first-order valence-electron chi connectivity index (χ1n) is 7.92. The van der Waals surface area contributed by atoms with Crippen molar-refractivity contribution in [2.24, 2.45) is 5.92 Å². The molecular formula is C15H21N5O3. The molecule has 0 bridgehead atoms. The smallest absolute Gasteiger partial charge is 0.280 e. The lowest BCUT2D eigenvalue weighted by atomic mass is 10.2. The molecule has 0 saturated carbocycles. The number of amides is 1. The molecule has 0 aromatic carbocycles. The van der Waals surface area contributed by atoms with E-state index in [1.54, 1.807) is 24.7 Å². The first-order chi connectivity index (χ1) is 11.0. The zero-order valence-corrected chi connectivity index (χ0v) is 13.5.